The highest BCUT2D eigenvalue weighted by molar-refractivity contribution is 5.47. The first-order chi connectivity index (χ1) is 10.0. The zero-order valence-electron chi connectivity index (χ0n) is 14.1. The molecule has 21 heavy (non-hydrogen) atoms. The van der Waals surface area contributed by atoms with Crippen LogP contribution in [0, 0.1) is 12.8 Å². The van der Waals surface area contributed by atoms with E-state index in [0.717, 1.165) is 17.8 Å². The molecule has 0 bridgehead atoms. The number of nitrogens with two attached hydrogens (primary N) is 1. The first-order valence-corrected chi connectivity index (χ1v) is 8.01. The summed E-state index contributed by atoms with van der Waals surface area (Å²) in [5, 5.41) is 0. The normalized spacial score (nSPS) is 12.5. The van der Waals surface area contributed by atoms with Gasteiger partial charge >= 0.3 is 0 Å². The second-order valence-corrected chi connectivity index (χ2v) is 5.89. The monoisotopic (exact) mass is 294 g/mol. The van der Waals surface area contributed by atoms with Gasteiger partial charge in [-0.15, -0.1) is 0 Å². The van der Waals surface area contributed by atoms with Crippen LogP contribution in [0.4, 0.5) is 5.82 Å². The van der Waals surface area contributed by atoms with Crippen LogP contribution < -0.4 is 16.0 Å². The van der Waals surface area contributed by atoms with Crippen LogP contribution in [0.3, 0.4) is 0 Å². The highest BCUT2D eigenvalue weighted by Gasteiger charge is 2.15. The van der Waals surface area contributed by atoms with E-state index in [1.165, 1.54) is 19.3 Å². The molecular formula is C16H30N4O. The number of nitrogens with zero attached hydrogens (tertiary/aromatic N) is 2. The van der Waals surface area contributed by atoms with E-state index in [4.69, 9.17) is 10.6 Å². The minimum absolute atomic E-state index is 0.238. The summed E-state index contributed by atoms with van der Waals surface area (Å²) in [4.78, 5) is 8.96. The Hall–Kier alpha value is -1.36. The maximum Gasteiger partial charge on any atom is 0.221 e. The molecule has 0 saturated heterocycles. The Bertz CT molecular complexity index is 435. The molecule has 1 aromatic rings. The Labute approximate surface area is 128 Å². The van der Waals surface area contributed by atoms with Gasteiger partial charge in [0.2, 0.25) is 5.88 Å². The molecule has 1 heterocycles. The van der Waals surface area contributed by atoms with E-state index in [-0.39, 0.29) is 5.92 Å². The lowest BCUT2D eigenvalue weighted by molar-refractivity contribution is 0.223. The third-order valence-electron chi connectivity index (χ3n) is 3.77. The van der Waals surface area contributed by atoms with Gasteiger partial charge < -0.3 is 10.2 Å². The molecule has 0 spiro atoms. The summed E-state index contributed by atoms with van der Waals surface area (Å²) in [6.45, 7) is 11.2. The van der Waals surface area contributed by atoms with Crippen molar-refractivity contribution in [1.82, 2.24) is 9.97 Å². The van der Waals surface area contributed by atoms with Crippen molar-refractivity contribution in [1.29, 1.82) is 0 Å². The van der Waals surface area contributed by atoms with Gasteiger partial charge in [0.15, 0.2) is 0 Å². The molecule has 1 aromatic heterocycles. The topological polar surface area (TPSA) is 73.1 Å². The summed E-state index contributed by atoms with van der Waals surface area (Å²) in [7, 11) is 0. The number of unbranched alkanes of at least 4 members (excludes halogenated alkanes) is 1. The average Bonchev–Trinajstić information content (AvgIpc) is 2.48. The molecule has 5 nitrogen and oxygen atoms in total. The highest BCUT2D eigenvalue weighted by Crippen LogP contribution is 2.25. The highest BCUT2D eigenvalue weighted by atomic mass is 16.5. The number of hydrogen-bond donors (Lipinski definition) is 2. The number of ether oxygens (including phenoxy) is 1. The second kappa shape index (κ2) is 8.82. The molecule has 0 amide bonds. The van der Waals surface area contributed by atoms with E-state index in [0.29, 0.717) is 24.2 Å². The summed E-state index contributed by atoms with van der Waals surface area (Å²) in [6.07, 6.45) is 4.80. The predicted octanol–water partition coefficient (Wildman–Crippen LogP) is 3.79. The van der Waals surface area contributed by atoms with Gasteiger partial charge in [-0.2, -0.15) is 4.98 Å². The van der Waals surface area contributed by atoms with Gasteiger partial charge in [0.05, 0.1) is 12.2 Å². The zero-order chi connectivity index (χ0) is 15.8. The van der Waals surface area contributed by atoms with Crippen molar-refractivity contribution in [3.05, 3.63) is 11.4 Å². The molecule has 0 fully saturated rings. The Balaban J connectivity index is 2.83. The standard InChI is InChI=1S/C16H30N4O/c1-6-8-9-13(7-2)10-21-16-12(5)15(20-17)18-14(19-16)11(3)4/h11,13H,6-10,17H2,1-5H3,(H,18,19,20). The maximum absolute atomic E-state index is 5.97. The first-order valence-electron chi connectivity index (χ1n) is 8.01. The van der Waals surface area contributed by atoms with Crippen LogP contribution in [0.2, 0.25) is 0 Å². The van der Waals surface area contributed by atoms with Crippen molar-refractivity contribution < 1.29 is 4.74 Å². The minimum Gasteiger partial charge on any atom is -0.477 e. The summed E-state index contributed by atoms with van der Waals surface area (Å²) >= 11 is 0. The number of rotatable bonds is 9. The van der Waals surface area contributed by atoms with Gasteiger partial charge in [-0.05, 0) is 19.3 Å². The van der Waals surface area contributed by atoms with Crippen molar-refractivity contribution in [2.75, 3.05) is 12.0 Å². The van der Waals surface area contributed by atoms with Crippen molar-refractivity contribution in [2.45, 2.75) is 66.2 Å². The molecule has 0 radical (unpaired) electrons. The van der Waals surface area contributed by atoms with Crippen molar-refractivity contribution >= 4 is 5.82 Å². The molecule has 0 aromatic carbocycles. The van der Waals surface area contributed by atoms with E-state index in [1.54, 1.807) is 0 Å². The van der Waals surface area contributed by atoms with Gasteiger partial charge in [0.25, 0.3) is 0 Å². The fraction of sp³-hybridized carbons (Fsp3) is 0.750. The Morgan fingerprint density at radius 3 is 2.48 bits per heavy atom. The lowest BCUT2D eigenvalue weighted by Gasteiger charge is -2.18. The molecule has 0 saturated carbocycles. The Morgan fingerprint density at radius 2 is 1.95 bits per heavy atom. The summed E-state index contributed by atoms with van der Waals surface area (Å²) in [5.74, 6) is 8.41. The van der Waals surface area contributed by atoms with E-state index in [1.807, 2.05) is 6.92 Å². The third-order valence-corrected chi connectivity index (χ3v) is 3.77. The van der Waals surface area contributed by atoms with Gasteiger partial charge in [-0.1, -0.05) is 47.0 Å². The maximum atomic E-state index is 5.97. The van der Waals surface area contributed by atoms with E-state index < -0.39 is 0 Å². The van der Waals surface area contributed by atoms with Gasteiger partial charge in [0.1, 0.15) is 11.6 Å². The lowest BCUT2D eigenvalue weighted by atomic mass is 10.0. The summed E-state index contributed by atoms with van der Waals surface area (Å²) in [5.41, 5.74) is 3.50. The molecule has 0 aliphatic rings. The SMILES string of the molecule is CCCCC(CC)COc1nc(C(C)C)nc(NN)c1C. The third kappa shape index (κ3) is 5.16. The first kappa shape index (κ1) is 17.7. The van der Waals surface area contributed by atoms with Crippen LogP contribution in [0.15, 0.2) is 0 Å². The quantitative estimate of drug-likeness (QED) is 0.535. The van der Waals surface area contributed by atoms with Crippen LogP contribution in [-0.4, -0.2) is 16.6 Å². The molecule has 0 aliphatic carbocycles. The van der Waals surface area contributed by atoms with Crippen LogP contribution in [-0.2, 0) is 0 Å². The summed E-state index contributed by atoms with van der Waals surface area (Å²) < 4.78 is 5.97. The zero-order valence-corrected chi connectivity index (χ0v) is 14.1. The molecule has 0 aliphatic heterocycles. The number of nitrogens with one attached hydrogen (secondary N) is 1. The average molecular weight is 294 g/mol. The van der Waals surface area contributed by atoms with Crippen LogP contribution in [0.5, 0.6) is 5.88 Å². The number of nitrogen functional groups attached to an aromatic ring is 1. The van der Waals surface area contributed by atoms with Gasteiger partial charge in [0, 0.05) is 5.92 Å². The van der Waals surface area contributed by atoms with Crippen molar-refractivity contribution in [3.63, 3.8) is 0 Å². The van der Waals surface area contributed by atoms with Crippen molar-refractivity contribution in [3.8, 4) is 5.88 Å². The second-order valence-electron chi connectivity index (χ2n) is 5.89. The molecule has 5 heteroatoms. The van der Waals surface area contributed by atoms with Crippen molar-refractivity contribution in [2.24, 2.45) is 11.8 Å². The Morgan fingerprint density at radius 1 is 1.24 bits per heavy atom. The molecule has 1 atom stereocenters. The van der Waals surface area contributed by atoms with E-state index in [2.05, 4.69) is 43.1 Å². The molecule has 3 N–H and O–H groups in total. The Kier molecular flexibility index (Phi) is 7.43. The minimum atomic E-state index is 0.238. The number of hydrazine groups is 1. The molecular weight excluding hydrogens is 264 g/mol. The smallest absolute Gasteiger partial charge is 0.221 e. The van der Waals surface area contributed by atoms with Gasteiger partial charge in [-0.25, -0.2) is 10.8 Å². The predicted molar refractivity (Wildman–Crippen MR) is 87.5 cm³/mol. The van der Waals surface area contributed by atoms with E-state index >= 15 is 0 Å². The molecule has 1 rings (SSSR count). The summed E-state index contributed by atoms with van der Waals surface area (Å²) in [6, 6.07) is 0. The largest absolute Gasteiger partial charge is 0.477 e. The van der Waals surface area contributed by atoms with Crippen LogP contribution in [0.1, 0.15) is 70.7 Å². The number of aromatic nitrogens is 2. The molecule has 1 unspecified atom stereocenters. The number of hydrogen-bond acceptors (Lipinski definition) is 5. The fourth-order valence-corrected chi connectivity index (χ4v) is 2.15. The van der Waals surface area contributed by atoms with E-state index in [9.17, 15) is 0 Å². The number of anilines is 1. The van der Waals surface area contributed by atoms with Gasteiger partial charge in [-0.3, -0.25) is 0 Å². The molecule has 120 valence electrons. The van der Waals surface area contributed by atoms with Crippen LogP contribution in [0.25, 0.3) is 0 Å². The lowest BCUT2D eigenvalue weighted by Crippen LogP contribution is -2.17. The van der Waals surface area contributed by atoms with Crippen LogP contribution >= 0.6 is 0 Å². The fourth-order valence-electron chi connectivity index (χ4n) is 2.15.